The van der Waals surface area contributed by atoms with Gasteiger partial charge in [0.1, 0.15) is 24.3 Å². The number of benzene rings is 1. The zero-order valence-corrected chi connectivity index (χ0v) is 12.6. The Morgan fingerprint density at radius 3 is 2.56 bits per heavy atom. The number of nitrogens with zero attached hydrogens (tertiary/aromatic N) is 3. The zero-order chi connectivity index (χ0) is 13.1. The summed E-state index contributed by atoms with van der Waals surface area (Å²) in [5, 5.41) is 7.74. The van der Waals surface area contributed by atoms with Crippen LogP contribution in [0.3, 0.4) is 0 Å². The zero-order valence-electron chi connectivity index (χ0n) is 9.43. The molecule has 2 aromatic rings. The molecule has 94 valence electrons. The molecule has 0 aliphatic rings. The van der Waals surface area contributed by atoms with Crippen molar-refractivity contribution in [2.75, 3.05) is 0 Å². The van der Waals surface area contributed by atoms with Gasteiger partial charge in [0.05, 0.1) is 15.1 Å². The van der Waals surface area contributed by atoms with Gasteiger partial charge in [0.15, 0.2) is 0 Å². The molecule has 0 saturated heterocycles. The van der Waals surface area contributed by atoms with Crippen molar-refractivity contribution in [1.82, 2.24) is 15.0 Å². The molecule has 0 radical (unpaired) electrons. The third-order valence-corrected chi connectivity index (χ3v) is 3.35. The molecule has 1 aromatic carbocycles. The van der Waals surface area contributed by atoms with Crippen LogP contribution in [0.25, 0.3) is 0 Å². The molecule has 5 nitrogen and oxygen atoms in total. The van der Waals surface area contributed by atoms with E-state index < -0.39 is 0 Å². The van der Waals surface area contributed by atoms with Gasteiger partial charge in [0.25, 0.3) is 0 Å². The van der Waals surface area contributed by atoms with E-state index in [0.717, 1.165) is 12.0 Å². The predicted octanol–water partition coefficient (Wildman–Crippen LogP) is 2.73. The maximum Gasteiger partial charge on any atom is 0.150 e. The Morgan fingerprint density at radius 1 is 1.39 bits per heavy atom. The fraction of sp³-hybridized carbons (Fsp3) is 0.182. The van der Waals surface area contributed by atoms with Gasteiger partial charge in [0.2, 0.25) is 0 Å². The van der Waals surface area contributed by atoms with Crippen LogP contribution in [0.5, 0.6) is 5.75 Å². The van der Waals surface area contributed by atoms with Gasteiger partial charge < -0.3 is 4.74 Å². The highest BCUT2D eigenvalue weighted by Gasteiger charge is 2.10. The van der Waals surface area contributed by atoms with Gasteiger partial charge in [-0.25, -0.2) is 0 Å². The number of halogens is 2. The van der Waals surface area contributed by atoms with Crippen molar-refractivity contribution in [2.45, 2.75) is 6.61 Å². The first-order chi connectivity index (χ1) is 8.60. The van der Waals surface area contributed by atoms with E-state index in [-0.39, 0.29) is 0 Å². The first kappa shape index (κ1) is 13.2. The summed E-state index contributed by atoms with van der Waals surface area (Å²) >= 11 is 6.72. The lowest BCUT2D eigenvalue weighted by Crippen LogP contribution is -1.98. The summed E-state index contributed by atoms with van der Waals surface area (Å²) in [4.78, 5) is 10.7. The fourth-order valence-electron chi connectivity index (χ4n) is 1.39. The number of carbonyl (C=O) groups excluding carboxylic acids is 1. The Bertz CT molecular complexity index is 560. The van der Waals surface area contributed by atoms with E-state index in [0.29, 0.717) is 26.9 Å². The molecule has 1 aromatic heterocycles. The van der Waals surface area contributed by atoms with Gasteiger partial charge >= 0.3 is 0 Å². The monoisotopic (exact) mass is 373 g/mol. The molecule has 0 N–H and O–H groups in total. The minimum Gasteiger partial charge on any atom is -0.485 e. The molecule has 2 rings (SSSR count). The first-order valence-electron chi connectivity index (χ1n) is 5.02. The molecule has 0 spiro atoms. The standard InChI is InChI=1S/C11H9Br2N3O2/c1-16-4-8(14-15-16)6-18-11-9(12)2-7(5-17)3-10(11)13/h2-5H,6H2,1H3. The highest BCUT2D eigenvalue weighted by molar-refractivity contribution is 9.11. The van der Waals surface area contributed by atoms with Crippen molar-refractivity contribution in [3.63, 3.8) is 0 Å². The fourth-order valence-corrected chi connectivity index (χ4v) is 2.84. The Morgan fingerprint density at radius 2 is 2.06 bits per heavy atom. The summed E-state index contributed by atoms with van der Waals surface area (Å²) in [7, 11) is 1.79. The van der Waals surface area contributed by atoms with Crippen LogP contribution in [0.2, 0.25) is 0 Å². The van der Waals surface area contributed by atoms with Crippen LogP contribution in [0.4, 0.5) is 0 Å². The van der Waals surface area contributed by atoms with Crippen LogP contribution < -0.4 is 4.74 Å². The summed E-state index contributed by atoms with van der Waals surface area (Å²) in [6.45, 7) is 0.311. The first-order valence-corrected chi connectivity index (χ1v) is 6.61. The van der Waals surface area contributed by atoms with Gasteiger partial charge in [-0.3, -0.25) is 9.48 Å². The summed E-state index contributed by atoms with van der Waals surface area (Å²) in [6.07, 6.45) is 2.56. The molecule has 0 amide bonds. The lowest BCUT2D eigenvalue weighted by Gasteiger charge is -2.09. The lowest BCUT2D eigenvalue weighted by atomic mass is 10.2. The van der Waals surface area contributed by atoms with Crippen molar-refractivity contribution in [1.29, 1.82) is 0 Å². The summed E-state index contributed by atoms with van der Waals surface area (Å²) in [5.41, 5.74) is 1.30. The van der Waals surface area contributed by atoms with E-state index in [1.807, 2.05) is 0 Å². The molecule has 0 fully saturated rings. The van der Waals surface area contributed by atoms with E-state index in [9.17, 15) is 4.79 Å². The number of aromatic nitrogens is 3. The molecule has 0 bridgehead atoms. The molecule has 1 heterocycles. The van der Waals surface area contributed by atoms with Crippen molar-refractivity contribution in [2.24, 2.45) is 7.05 Å². The highest BCUT2D eigenvalue weighted by atomic mass is 79.9. The Kier molecular flexibility index (Phi) is 4.13. The minimum atomic E-state index is 0.311. The average Bonchev–Trinajstić information content (AvgIpc) is 2.73. The Hall–Kier alpha value is -1.21. The minimum absolute atomic E-state index is 0.311. The van der Waals surface area contributed by atoms with Crippen LogP contribution >= 0.6 is 31.9 Å². The number of carbonyl (C=O) groups is 1. The number of aryl methyl sites for hydroxylation is 1. The topological polar surface area (TPSA) is 57.0 Å². The summed E-state index contributed by atoms with van der Waals surface area (Å²) in [6, 6.07) is 3.40. The second kappa shape index (κ2) is 5.62. The largest absolute Gasteiger partial charge is 0.485 e. The maximum absolute atomic E-state index is 10.7. The van der Waals surface area contributed by atoms with Crippen LogP contribution in [0, 0.1) is 0 Å². The molecule has 0 unspecified atom stereocenters. The van der Waals surface area contributed by atoms with Crippen molar-refractivity contribution >= 4 is 38.1 Å². The quantitative estimate of drug-likeness (QED) is 0.772. The Balaban J connectivity index is 2.16. The van der Waals surface area contributed by atoms with Crippen LogP contribution in [-0.4, -0.2) is 21.3 Å². The second-order valence-corrected chi connectivity index (χ2v) is 5.31. The van der Waals surface area contributed by atoms with Gasteiger partial charge in [0, 0.05) is 12.6 Å². The van der Waals surface area contributed by atoms with Crippen LogP contribution in [0.15, 0.2) is 27.3 Å². The molecule has 18 heavy (non-hydrogen) atoms. The highest BCUT2D eigenvalue weighted by Crippen LogP contribution is 2.34. The normalized spacial score (nSPS) is 10.4. The second-order valence-electron chi connectivity index (χ2n) is 3.60. The number of rotatable bonds is 4. The molecular formula is C11H9Br2N3O2. The molecule has 0 aliphatic carbocycles. The number of ether oxygens (including phenoxy) is 1. The Labute approximate surface area is 120 Å². The van der Waals surface area contributed by atoms with E-state index in [1.54, 1.807) is 30.1 Å². The smallest absolute Gasteiger partial charge is 0.150 e. The lowest BCUT2D eigenvalue weighted by molar-refractivity contribution is 0.112. The van der Waals surface area contributed by atoms with E-state index in [4.69, 9.17) is 4.74 Å². The maximum atomic E-state index is 10.7. The van der Waals surface area contributed by atoms with Gasteiger partial charge in [-0.1, -0.05) is 5.21 Å². The van der Waals surface area contributed by atoms with Crippen LogP contribution in [-0.2, 0) is 13.7 Å². The predicted molar refractivity (Wildman–Crippen MR) is 72.6 cm³/mol. The number of hydrogen-bond acceptors (Lipinski definition) is 4. The van der Waals surface area contributed by atoms with Gasteiger partial charge in [-0.15, -0.1) is 5.10 Å². The third-order valence-electron chi connectivity index (χ3n) is 2.17. The number of aldehydes is 1. The van der Waals surface area contributed by atoms with Crippen molar-refractivity contribution in [3.8, 4) is 5.75 Å². The summed E-state index contributed by atoms with van der Waals surface area (Å²) in [5.74, 6) is 0.631. The summed E-state index contributed by atoms with van der Waals surface area (Å²) < 4.78 is 8.67. The molecule has 0 atom stereocenters. The molecule has 0 saturated carbocycles. The molecular weight excluding hydrogens is 366 g/mol. The SMILES string of the molecule is Cn1cc(COc2c(Br)cc(C=O)cc2Br)nn1. The van der Waals surface area contributed by atoms with Crippen molar-refractivity contribution < 1.29 is 9.53 Å². The molecule has 0 aliphatic heterocycles. The third kappa shape index (κ3) is 2.97. The van der Waals surface area contributed by atoms with Crippen molar-refractivity contribution in [3.05, 3.63) is 38.5 Å². The van der Waals surface area contributed by atoms with E-state index in [1.165, 1.54) is 0 Å². The van der Waals surface area contributed by atoms with Gasteiger partial charge in [-0.05, 0) is 44.0 Å². The van der Waals surface area contributed by atoms with Crippen LogP contribution in [0.1, 0.15) is 16.1 Å². The average molecular weight is 375 g/mol. The van der Waals surface area contributed by atoms with E-state index in [2.05, 4.69) is 42.2 Å². The van der Waals surface area contributed by atoms with Gasteiger partial charge in [-0.2, -0.15) is 0 Å². The number of hydrogen-bond donors (Lipinski definition) is 0. The molecule has 7 heteroatoms. The van der Waals surface area contributed by atoms with E-state index >= 15 is 0 Å².